The van der Waals surface area contributed by atoms with Crippen molar-refractivity contribution < 1.29 is 4.79 Å². The van der Waals surface area contributed by atoms with E-state index >= 15 is 0 Å². The maximum Gasteiger partial charge on any atom is 0.267 e. The lowest BCUT2D eigenvalue weighted by atomic mass is 10.1. The molecule has 1 amide bonds. The molecule has 0 aliphatic heterocycles. The summed E-state index contributed by atoms with van der Waals surface area (Å²) in [6.07, 6.45) is 0. The maximum atomic E-state index is 12.3. The summed E-state index contributed by atoms with van der Waals surface area (Å²) >= 11 is 17.8. The average Bonchev–Trinajstić information content (AvgIpc) is 2.62. The Morgan fingerprint density at radius 2 is 1.73 bits per heavy atom. The number of hydrogen-bond acceptors (Lipinski definition) is 3. The van der Waals surface area contributed by atoms with Gasteiger partial charge in [0.2, 0.25) is 5.91 Å². The predicted octanol–water partition coefficient (Wildman–Crippen LogP) is 4.51. The van der Waals surface area contributed by atoms with Crippen molar-refractivity contribution in [3.8, 4) is 11.3 Å². The van der Waals surface area contributed by atoms with E-state index in [-0.39, 0.29) is 11.6 Å². The van der Waals surface area contributed by atoms with Crippen LogP contribution in [0.1, 0.15) is 0 Å². The summed E-state index contributed by atoms with van der Waals surface area (Å²) in [7, 11) is 0. The van der Waals surface area contributed by atoms with Gasteiger partial charge in [0.1, 0.15) is 6.54 Å². The first-order valence-corrected chi connectivity index (χ1v) is 8.65. The Bertz CT molecular complexity index is 1020. The highest BCUT2D eigenvalue weighted by Gasteiger charge is 2.11. The Balaban J connectivity index is 1.82. The second kappa shape index (κ2) is 7.91. The second-order valence-electron chi connectivity index (χ2n) is 5.37. The second-order valence-corrected chi connectivity index (χ2v) is 6.59. The Hall–Kier alpha value is -2.34. The highest BCUT2D eigenvalue weighted by Crippen LogP contribution is 2.29. The number of halogens is 3. The summed E-state index contributed by atoms with van der Waals surface area (Å²) in [5, 5.41) is 8.01. The number of anilines is 1. The van der Waals surface area contributed by atoms with Crippen molar-refractivity contribution in [3.05, 3.63) is 80.0 Å². The molecule has 132 valence electrons. The number of aromatic nitrogens is 2. The molecular weight excluding hydrogens is 397 g/mol. The lowest BCUT2D eigenvalue weighted by Gasteiger charge is -2.10. The van der Waals surface area contributed by atoms with E-state index in [4.69, 9.17) is 34.8 Å². The molecule has 1 aromatic heterocycles. The smallest absolute Gasteiger partial charge is 0.267 e. The Kier molecular flexibility index (Phi) is 5.61. The molecule has 1 heterocycles. The van der Waals surface area contributed by atoms with Gasteiger partial charge in [0.25, 0.3) is 5.56 Å². The van der Waals surface area contributed by atoms with E-state index in [0.29, 0.717) is 21.4 Å². The summed E-state index contributed by atoms with van der Waals surface area (Å²) in [6.45, 7) is -0.261. The number of rotatable bonds is 4. The van der Waals surface area contributed by atoms with Crippen LogP contribution in [0, 0.1) is 0 Å². The van der Waals surface area contributed by atoms with Gasteiger partial charge in [0, 0.05) is 16.7 Å². The average molecular weight is 409 g/mol. The molecule has 0 bridgehead atoms. The highest BCUT2D eigenvalue weighted by atomic mass is 35.5. The summed E-state index contributed by atoms with van der Waals surface area (Å²) in [5.41, 5.74) is 1.30. The van der Waals surface area contributed by atoms with Crippen LogP contribution in [0.4, 0.5) is 5.69 Å². The number of amides is 1. The third kappa shape index (κ3) is 4.25. The summed E-state index contributed by atoms with van der Waals surface area (Å²) < 4.78 is 1.08. The number of hydrogen-bond donors (Lipinski definition) is 1. The van der Waals surface area contributed by atoms with E-state index in [1.54, 1.807) is 48.5 Å². The number of nitrogens with one attached hydrogen (secondary N) is 1. The van der Waals surface area contributed by atoms with Crippen LogP contribution < -0.4 is 10.9 Å². The topological polar surface area (TPSA) is 64.0 Å². The number of benzene rings is 2. The Labute approximate surface area is 164 Å². The van der Waals surface area contributed by atoms with Crippen LogP contribution in [0.15, 0.2) is 59.4 Å². The molecule has 3 rings (SSSR count). The van der Waals surface area contributed by atoms with Gasteiger partial charge in [-0.2, -0.15) is 5.10 Å². The van der Waals surface area contributed by atoms with Gasteiger partial charge in [-0.3, -0.25) is 9.59 Å². The number of carbonyl (C=O) groups excluding carboxylic acids is 1. The molecule has 8 heteroatoms. The van der Waals surface area contributed by atoms with Gasteiger partial charge in [-0.25, -0.2) is 4.68 Å². The molecule has 0 fully saturated rings. The zero-order valence-electron chi connectivity index (χ0n) is 13.2. The Morgan fingerprint density at radius 1 is 1.00 bits per heavy atom. The lowest BCUT2D eigenvalue weighted by Crippen LogP contribution is -2.29. The standard InChI is InChI=1S/C18H12Cl3N3O2/c19-12-6-4-11(5-7-12)14-8-9-17(26)24(23-14)10-16(25)22-15-3-1-2-13(20)18(15)21/h1-9H,10H2,(H,22,25). The van der Waals surface area contributed by atoms with E-state index in [9.17, 15) is 9.59 Å². The van der Waals surface area contributed by atoms with Crippen LogP contribution in [0.25, 0.3) is 11.3 Å². The molecule has 0 radical (unpaired) electrons. The maximum absolute atomic E-state index is 12.3. The fourth-order valence-electron chi connectivity index (χ4n) is 2.26. The normalized spacial score (nSPS) is 10.6. The molecule has 3 aromatic rings. The number of nitrogens with zero attached hydrogens (tertiary/aromatic N) is 2. The van der Waals surface area contributed by atoms with Gasteiger partial charge >= 0.3 is 0 Å². The van der Waals surface area contributed by atoms with Crippen LogP contribution in [-0.4, -0.2) is 15.7 Å². The van der Waals surface area contributed by atoms with Crippen molar-refractivity contribution in [2.24, 2.45) is 0 Å². The quantitative estimate of drug-likeness (QED) is 0.691. The van der Waals surface area contributed by atoms with Crippen molar-refractivity contribution in [3.63, 3.8) is 0 Å². The molecule has 0 aliphatic rings. The molecule has 0 atom stereocenters. The first-order valence-electron chi connectivity index (χ1n) is 7.52. The summed E-state index contributed by atoms with van der Waals surface area (Å²) in [5.74, 6) is -0.447. The molecule has 0 saturated heterocycles. The fraction of sp³-hybridized carbons (Fsp3) is 0.0556. The SMILES string of the molecule is O=C(Cn1nc(-c2ccc(Cl)cc2)ccc1=O)Nc1cccc(Cl)c1Cl. The zero-order chi connectivity index (χ0) is 18.7. The van der Waals surface area contributed by atoms with Gasteiger partial charge in [-0.05, 0) is 30.3 Å². The molecular formula is C18H12Cl3N3O2. The van der Waals surface area contributed by atoms with Crippen molar-refractivity contribution in [2.45, 2.75) is 6.54 Å². The van der Waals surface area contributed by atoms with Crippen LogP contribution in [0.3, 0.4) is 0 Å². The molecule has 0 spiro atoms. The van der Waals surface area contributed by atoms with Crippen LogP contribution in [0.5, 0.6) is 0 Å². The summed E-state index contributed by atoms with van der Waals surface area (Å²) in [6, 6.07) is 14.9. The van der Waals surface area contributed by atoms with Crippen molar-refractivity contribution in [2.75, 3.05) is 5.32 Å². The lowest BCUT2D eigenvalue weighted by molar-refractivity contribution is -0.117. The third-order valence-electron chi connectivity index (χ3n) is 3.53. The molecule has 2 aromatic carbocycles. The van der Waals surface area contributed by atoms with Gasteiger partial charge in [-0.15, -0.1) is 0 Å². The van der Waals surface area contributed by atoms with Crippen LogP contribution in [-0.2, 0) is 11.3 Å². The van der Waals surface area contributed by atoms with Crippen LogP contribution in [0.2, 0.25) is 15.1 Å². The molecule has 26 heavy (non-hydrogen) atoms. The number of carbonyl (C=O) groups is 1. The van der Waals surface area contributed by atoms with E-state index in [1.807, 2.05) is 0 Å². The molecule has 0 aliphatic carbocycles. The van der Waals surface area contributed by atoms with E-state index < -0.39 is 11.5 Å². The Morgan fingerprint density at radius 3 is 2.46 bits per heavy atom. The minimum atomic E-state index is -0.447. The molecule has 0 unspecified atom stereocenters. The largest absolute Gasteiger partial charge is 0.323 e. The van der Waals surface area contributed by atoms with Crippen LogP contribution >= 0.6 is 34.8 Å². The first-order chi connectivity index (χ1) is 12.4. The van der Waals surface area contributed by atoms with E-state index in [0.717, 1.165) is 10.2 Å². The third-order valence-corrected chi connectivity index (χ3v) is 4.60. The highest BCUT2D eigenvalue weighted by molar-refractivity contribution is 6.44. The summed E-state index contributed by atoms with van der Waals surface area (Å²) in [4.78, 5) is 24.3. The van der Waals surface area contributed by atoms with E-state index in [2.05, 4.69) is 10.4 Å². The van der Waals surface area contributed by atoms with Gasteiger partial charge in [0.15, 0.2) is 0 Å². The monoisotopic (exact) mass is 407 g/mol. The fourth-order valence-corrected chi connectivity index (χ4v) is 2.74. The van der Waals surface area contributed by atoms with Crippen molar-refractivity contribution >= 4 is 46.4 Å². The minimum absolute atomic E-state index is 0.234. The van der Waals surface area contributed by atoms with Gasteiger partial charge in [-0.1, -0.05) is 53.0 Å². The van der Waals surface area contributed by atoms with Crippen molar-refractivity contribution in [1.29, 1.82) is 0 Å². The van der Waals surface area contributed by atoms with Gasteiger partial charge in [0.05, 0.1) is 21.4 Å². The molecule has 1 N–H and O–H groups in total. The molecule has 0 saturated carbocycles. The van der Waals surface area contributed by atoms with E-state index in [1.165, 1.54) is 6.07 Å². The predicted molar refractivity (Wildman–Crippen MR) is 104 cm³/mol. The minimum Gasteiger partial charge on any atom is -0.323 e. The van der Waals surface area contributed by atoms with Crippen molar-refractivity contribution in [1.82, 2.24) is 9.78 Å². The molecule has 5 nitrogen and oxygen atoms in total. The zero-order valence-corrected chi connectivity index (χ0v) is 15.5. The first kappa shape index (κ1) is 18.5. The van der Waals surface area contributed by atoms with Gasteiger partial charge < -0.3 is 5.32 Å².